The number of carbonyl (C=O) groups excluding carboxylic acids is 1. The minimum Gasteiger partial charge on any atom is -0.480 e. The summed E-state index contributed by atoms with van der Waals surface area (Å²) in [5.74, 6) is -0.240. The van der Waals surface area contributed by atoms with Gasteiger partial charge >= 0.3 is 12.0 Å². The molecular formula is C12H21N5O3. The van der Waals surface area contributed by atoms with Crippen molar-refractivity contribution in [2.45, 2.75) is 26.8 Å². The highest BCUT2D eigenvalue weighted by atomic mass is 16.4. The number of aromatic nitrogens is 3. The smallest absolute Gasteiger partial charge is 0.323 e. The molecule has 1 unspecified atom stereocenters. The molecule has 2 amide bonds. The molecule has 20 heavy (non-hydrogen) atoms. The third kappa shape index (κ3) is 4.52. The van der Waals surface area contributed by atoms with Crippen LogP contribution in [-0.2, 0) is 11.8 Å². The molecule has 0 saturated carbocycles. The number of aryl methyl sites for hydroxylation is 1. The fourth-order valence-electron chi connectivity index (χ4n) is 1.85. The fraction of sp³-hybridized carbons (Fsp3) is 0.667. The van der Waals surface area contributed by atoms with Crippen LogP contribution in [-0.4, -0.2) is 49.9 Å². The van der Waals surface area contributed by atoms with Gasteiger partial charge in [-0.2, -0.15) is 0 Å². The van der Waals surface area contributed by atoms with Crippen LogP contribution in [0.25, 0.3) is 0 Å². The Bertz CT molecular complexity index is 471. The van der Waals surface area contributed by atoms with Crippen molar-refractivity contribution >= 4 is 12.0 Å². The maximum absolute atomic E-state index is 12.1. The summed E-state index contributed by atoms with van der Waals surface area (Å²) in [4.78, 5) is 24.2. The van der Waals surface area contributed by atoms with E-state index in [0.29, 0.717) is 12.4 Å². The summed E-state index contributed by atoms with van der Waals surface area (Å²) < 4.78 is 1.70. The first-order valence-electron chi connectivity index (χ1n) is 6.42. The minimum atomic E-state index is -1.04. The van der Waals surface area contributed by atoms with E-state index in [-0.39, 0.29) is 18.5 Å². The van der Waals surface area contributed by atoms with E-state index in [4.69, 9.17) is 5.11 Å². The van der Waals surface area contributed by atoms with Crippen molar-refractivity contribution in [1.29, 1.82) is 0 Å². The second-order valence-electron chi connectivity index (χ2n) is 5.14. The van der Waals surface area contributed by atoms with Gasteiger partial charge in [0.15, 0.2) is 5.82 Å². The average Bonchev–Trinajstić information content (AvgIpc) is 2.73. The van der Waals surface area contributed by atoms with Crippen LogP contribution in [0, 0.1) is 5.92 Å². The second kappa shape index (κ2) is 6.88. The average molecular weight is 283 g/mol. The number of nitrogens with zero attached hydrogens (tertiary/aromatic N) is 4. The van der Waals surface area contributed by atoms with Gasteiger partial charge in [-0.05, 0) is 12.8 Å². The highest BCUT2D eigenvalue weighted by Gasteiger charge is 2.21. The summed E-state index contributed by atoms with van der Waals surface area (Å²) in [6.07, 6.45) is 1.54. The van der Waals surface area contributed by atoms with Gasteiger partial charge in [-0.15, -0.1) is 10.2 Å². The summed E-state index contributed by atoms with van der Waals surface area (Å²) in [6.45, 7) is 5.68. The molecule has 2 N–H and O–H groups in total. The largest absolute Gasteiger partial charge is 0.480 e. The predicted molar refractivity (Wildman–Crippen MR) is 72.0 cm³/mol. The second-order valence-corrected chi connectivity index (χ2v) is 5.14. The molecule has 1 atom stereocenters. The Balaban J connectivity index is 2.70. The SMILES string of the molecule is CC(C)CN(CC(=O)O)C(=O)NC(C)c1nncn1C. The molecule has 1 aromatic heterocycles. The van der Waals surface area contributed by atoms with Crippen molar-refractivity contribution < 1.29 is 14.7 Å². The van der Waals surface area contributed by atoms with Crippen molar-refractivity contribution in [3.05, 3.63) is 12.2 Å². The molecule has 112 valence electrons. The number of hydrogen-bond acceptors (Lipinski definition) is 4. The molecule has 0 saturated heterocycles. The number of urea groups is 1. The van der Waals surface area contributed by atoms with Crippen molar-refractivity contribution in [2.24, 2.45) is 13.0 Å². The van der Waals surface area contributed by atoms with E-state index in [0.717, 1.165) is 0 Å². The number of rotatable bonds is 6. The zero-order valence-electron chi connectivity index (χ0n) is 12.2. The lowest BCUT2D eigenvalue weighted by molar-refractivity contribution is -0.137. The van der Waals surface area contributed by atoms with Gasteiger partial charge < -0.3 is 19.9 Å². The van der Waals surface area contributed by atoms with Gasteiger partial charge in [-0.1, -0.05) is 13.8 Å². The molecule has 0 spiro atoms. The minimum absolute atomic E-state index is 0.185. The van der Waals surface area contributed by atoms with E-state index in [9.17, 15) is 9.59 Å². The zero-order valence-corrected chi connectivity index (χ0v) is 12.2. The molecule has 0 fully saturated rings. The Labute approximate surface area is 117 Å². The van der Waals surface area contributed by atoms with E-state index < -0.39 is 12.0 Å². The first kappa shape index (κ1) is 15.9. The number of carbonyl (C=O) groups is 2. The fourth-order valence-corrected chi connectivity index (χ4v) is 1.85. The Hall–Kier alpha value is -2.12. The Kier molecular flexibility index (Phi) is 5.48. The molecule has 0 aliphatic heterocycles. The van der Waals surface area contributed by atoms with Gasteiger partial charge in [-0.3, -0.25) is 4.79 Å². The van der Waals surface area contributed by atoms with Crippen LogP contribution < -0.4 is 5.32 Å². The number of carboxylic acids is 1. The molecule has 8 heteroatoms. The normalized spacial score (nSPS) is 12.2. The van der Waals surface area contributed by atoms with Gasteiger partial charge in [-0.25, -0.2) is 4.79 Å². The first-order valence-corrected chi connectivity index (χ1v) is 6.42. The summed E-state index contributed by atoms with van der Waals surface area (Å²) >= 11 is 0. The zero-order chi connectivity index (χ0) is 15.3. The molecule has 1 aromatic rings. The monoisotopic (exact) mass is 283 g/mol. The molecule has 0 radical (unpaired) electrons. The van der Waals surface area contributed by atoms with Crippen LogP contribution in [0.1, 0.15) is 32.6 Å². The lowest BCUT2D eigenvalue weighted by atomic mass is 10.2. The van der Waals surface area contributed by atoms with Gasteiger partial charge in [0.05, 0.1) is 6.04 Å². The number of aliphatic carboxylic acids is 1. The third-order valence-corrected chi connectivity index (χ3v) is 2.67. The summed E-state index contributed by atoms with van der Waals surface area (Å²) in [7, 11) is 1.78. The van der Waals surface area contributed by atoms with E-state index in [1.807, 2.05) is 13.8 Å². The first-order chi connectivity index (χ1) is 9.31. The number of hydrogen-bond donors (Lipinski definition) is 2. The number of carboxylic acid groups (broad SMARTS) is 1. The number of amides is 2. The van der Waals surface area contributed by atoms with Gasteiger partial charge in [0.25, 0.3) is 0 Å². The Morgan fingerprint density at radius 1 is 1.45 bits per heavy atom. The van der Waals surface area contributed by atoms with E-state index in [2.05, 4.69) is 15.5 Å². The molecule has 0 aliphatic carbocycles. The quantitative estimate of drug-likeness (QED) is 0.797. The van der Waals surface area contributed by atoms with Crippen molar-refractivity contribution in [1.82, 2.24) is 25.0 Å². The van der Waals surface area contributed by atoms with Crippen LogP contribution in [0.2, 0.25) is 0 Å². The summed E-state index contributed by atoms with van der Waals surface area (Å²) in [6, 6.07) is -0.768. The van der Waals surface area contributed by atoms with Crippen LogP contribution in [0.15, 0.2) is 6.33 Å². The lowest BCUT2D eigenvalue weighted by Crippen LogP contribution is -2.45. The maximum Gasteiger partial charge on any atom is 0.323 e. The third-order valence-electron chi connectivity index (χ3n) is 2.67. The molecule has 0 aliphatic rings. The molecule has 1 rings (SSSR count). The van der Waals surface area contributed by atoms with E-state index in [1.165, 1.54) is 4.90 Å². The standard InChI is InChI=1S/C12H21N5O3/c1-8(2)5-17(6-10(18)19)12(20)14-9(3)11-15-13-7-16(11)4/h7-9H,5-6H2,1-4H3,(H,14,20)(H,18,19). The highest BCUT2D eigenvalue weighted by Crippen LogP contribution is 2.08. The van der Waals surface area contributed by atoms with Gasteiger partial charge in [0.2, 0.25) is 0 Å². The van der Waals surface area contributed by atoms with Crippen LogP contribution in [0.3, 0.4) is 0 Å². The lowest BCUT2D eigenvalue weighted by Gasteiger charge is -2.25. The maximum atomic E-state index is 12.1. The van der Waals surface area contributed by atoms with Crippen LogP contribution >= 0.6 is 0 Å². The summed E-state index contributed by atoms with van der Waals surface area (Å²) in [5.41, 5.74) is 0. The Morgan fingerprint density at radius 2 is 2.10 bits per heavy atom. The van der Waals surface area contributed by atoms with E-state index in [1.54, 1.807) is 24.9 Å². The molecular weight excluding hydrogens is 262 g/mol. The Morgan fingerprint density at radius 3 is 2.55 bits per heavy atom. The van der Waals surface area contributed by atoms with Crippen molar-refractivity contribution in [3.8, 4) is 0 Å². The van der Waals surface area contributed by atoms with Crippen molar-refractivity contribution in [3.63, 3.8) is 0 Å². The van der Waals surface area contributed by atoms with Crippen LogP contribution in [0.4, 0.5) is 4.79 Å². The molecule has 8 nitrogen and oxygen atoms in total. The highest BCUT2D eigenvalue weighted by molar-refractivity contribution is 5.80. The topological polar surface area (TPSA) is 100 Å². The predicted octanol–water partition coefficient (Wildman–Crippen LogP) is 0.628. The summed E-state index contributed by atoms with van der Waals surface area (Å²) in [5, 5.41) is 19.3. The molecule has 0 bridgehead atoms. The number of nitrogens with one attached hydrogen (secondary N) is 1. The molecule has 0 aromatic carbocycles. The van der Waals surface area contributed by atoms with Crippen molar-refractivity contribution in [2.75, 3.05) is 13.1 Å². The van der Waals surface area contributed by atoms with Crippen LogP contribution in [0.5, 0.6) is 0 Å². The van der Waals surface area contributed by atoms with Gasteiger partial charge in [0.1, 0.15) is 12.9 Å². The van der Waals surface area contributed by atoms with E-state index >= 15 is 0 Å². The molecule has 1 heterocycles. The van der Waals surface area contributed by atoms with Gasteiger partial charge in [0, 0.05) is 13.6 Å².